The lowest BCUT2D eigenvalue weighted by Gasteiger charge is -2.11. The highest BCUT2D eigenvalue weighted by molar-refractivity contribution is 5.24. The van der Waals surface area contributed by atoms with E-state index in [2.05, 4.69) is 71.2 Å². The number of allylic oxidation sites excluding steroid dienone is 5. The van der Waals surface area contributed by atoms with Gasteiger partial charge >= 0.3 is 0 Å². The largest absolute Gasteiger partial charge is 0.385 e. The second-order valence-corrected chi connectivity index (χ2v) is 5.18. The monoisotopic (exact) mass is 221 g/mol. The van der Waals surface area contributed by atoms with Crippen LogP contribution in [-0.2, 0) is 0 Å². The van der Waals surface area contributed by atoms with Gasteiger partial charge in [0.25, 0.3) is 0 Å². The van der Waals surface area contributed by atoms with Crippen LogP contribution >= 0.6 is 0 Å². The average Bonchev–Trinajstić information content (AvgIpc) is 2.15. The van der Waals surface area contributed by atoms with Gasteiger partial charge in [-0.2, -0.15) is 0 Å². The van der Waals surface area contributed by atoms with Gasteiger partial charge in [-0.1, -0.05) is 51.5 Å². The Bertz CT molecular complexity index is 263. The second kappa shape index (κ2) is 8.20. The van der Waals surface area contributed by atoms with Crippen LogP contribution in [0.5, 0.6) is 0 Å². The Hall–Kier alpha value is -0.980. The van der Waals surface area contributed by atoms with E-state index in [0.29, 0.717) is 11.8 Å². The van der Waals surface area contributed by atoms with Crippen molar-refractivity contribution in [2.24, 2.45) is 11.8 Å². The average molecular weight is 221 g/mol. The molecule has 0 rings (SSSR count). The lowest BCUT2D eigenvalue weighted by molar-refractivity contribution is 0.599. The van der Waals surface area contributed by atoms with Gasteiger partial charge in [0.2, 0.25) is 0 Å². The van der Waals surface area contributed by atoms with E-state index in [1.807, 2.05) is 0 Å². The van der Waals surface area contributed by atoms with Gasteiger partial charge in [0, 0.05) is 12.2 Å². The predicted octanol–water partition coefficient (Wildman–Crippen LogP) is 4.29. The van der Waals surface area contributed by atoms with E-state index in [9.17, 15) is 0 Å². The molecule has 0 amide bonds. The first-order valence-corrected chi connectivity index (χ1v) is 6.19. The summed E-state index contributed by atoms with van der Waals surface area (Å²) in [6.07, 6.45) is 8.57. The van der Waals surface area contributed by atoms with Crippen LogP contribution in [0.2, 0.25) is 0 Å². The molecule has 0 radical (unpaired) electrons. The molecule has 0 heterocycles. The third-order valence-corrected chi connectivity index (χ3v) is 2.11. The van der Waals surface area contributed by atoms with Crippen LogP contribution in [0.25, 0.3) is 0 Å². The van der Waals surface area contributed by atoms with Crippen LogP contribution in [0.4, 0.5) is 0 Å². The van der Waals surface area contributed by atoms with E-state index < -0.39 is 0 Å². The van der Waals surface area contributed by atoms with E-state index >= 15 is 0 Å². The minimum atomic E-state index is 0.614. The van der Waals surface area contributed by atoms with Crippen LogP contribution in [0.1, 0.15) is 41.5 Å². The molecule has 0 bridgehead atoms. The van der Waals surface area contributed by atoms with Crippen molar-refractivity contribution in [1.82, 2.24) is 5.32 Å². The molecule has 0 saturated heterocycles. The van der Waals surface area contributed by atoms with Crippen LogP contribution in [0, 0.1) is 11.8 Å². The number of hydrogen-bond donors (Lipinski definition) is 1. The summed E-state index contributed by atoms with van der Waals surface area (Å²) >= 11 is 0. The summed E-state index contributed by atoms with van der Waals surface area (Å²) in [5.74, 6) is 1.29. The summed E-state index contributed by atoms with van der Waals surface area (Å²) in [5.41, 5.74) is 2.57. The van der Waals surface area contributed by atoms with Gasteiger partial charge < -0.3 is 5.32 Å². The van der Waals surface area contributed by atoms with Crippen molar-refractivity contribution < 1.29 is 0 Å². The Morgan fingerprint density at radius 3 is 2.12 bits per heavy atom. The van der Waals surface area contributed by atoms with E-state index in [-0.39, 0.29) is 0 Å². The van der Waals surface area contributed by atoms with Crippen molar-refractivity contribution in [3.63, 3.8) is 0 Å². The molecule has 0 aliphatic carbocycles. The Kier molecular flexibility index (Phi) is 7.70. The third-order valence-electron chi connectivity index (χ3n) is 2.11. The minimum absolute atomic E-state index is 0.614. The fourth-order valence-electron chi connectivity index (χ4n) is 1.15. The minimum Gasteiger partial charge on any atom is -0.385 e. The molecule has 0 spiro atoms. The van der Waals surface area contributed by atoms with Crippen LogP contribution in [-0.4, -0.2) is 6.54 Å². The smallest absolute Gasteiger partial charge is 0.0326 e. The molecule has 0 unspecified atom stereocenters. The number of hydrogen-bond acceptors (Lipinski definition) is 1. The molecular weight excluding hydrogens is 194 g/mol. The highest BCUT2D eigenvalue weighted by Crippen LogP contribution is 2.03. The highest BCUT2D eigenvalue weighted by Gasteiger charge is 1.96. The Morgan fingerprint density at radius 2 is 1.69 bits per heavy atom. The van der Waals surface area contributed by atoms with Gasteiger partial charge in [-0.3, -0.25) is 0 Å². The zero-order chi connectivity index (χ0) is 12.6. The Labute approximate surface area is 101 Å². The second-order valence-electron chi connectivity index (χ2n) is 5.18. The molecule has 0 fully saturated rings. The maximum absolute atomic E-state index is 3.47. The van der Waals surface area contributed by atoms with E-state index in [1.54, 1.807) is 0 Å². The highest BCUT2D eigenvalue weighted by atomic mass is 14.9. The van der Waals surface area contributed by atoms with Crippen molar-refractivity contribution >= 4 is 0 Å². The zero-order valence-electron chi connectivity index (χ0n) is 11.7. The Balaban J connectivity index is 4.31. The molecule has 0 atom stereocenters. The SMILES string of the molecule is CC(C)=C(/C=C\C=C/C(C)C)NCC(C)C. The molecule has 0 aromatic carbocycles. The lowest BCUT2D eigenvalue weighted by Crippen LogP contribution is -2.18. The van der Waals surface area contributed by atoms with E-state index in [1.165, 1.54) is 11.3 Å². The maximum Gasteiger partial charge on any atom is 0.0326 e. The van der Waals surface area contributed by atoms with E-state index in [0.717, 1.165) is 6.54 Å². The predicted molar refractivity (Wildman–Crippen MR) is 74.3 cm³/mol. The molecular formula is C15H27N. The van der Waals surface area contributed by atoms with E-state index in [4.69, 9.17) is 0 Å². The summed E-state index contributed by atoms with van der Waals surface area (Å²) in [7, 11) is 0. The zero-order valence-corrected chi connectivity index (χ0v) is 11.7. The fourth-order valence-corrected chi connectivity index (χ4v) is 1.15. The molecule has 0 aliphatic rings. The van der Waals surface area contributed by atoms with Crippen molar-refractivity contribution in [2.45, 2.75) is 41.5 Å². The summed E-state index contributed by atoms with van der Waals surface area (Å²) in [6.45, 7) is 14.1. The molecule has 0 aliphatic heterocycles. The molecule has 1 N–H and O–H groups in total. The van der Waals surface area contributed by atoms with Gasteiger partial charge in [0.15, 0.2) is 0 Å². The third kappa shape index (κ3) is 8.34. The summed E-state index contributed by atoms with van der Waals surface area (Å²) in [4.78, 5) is 0. The van der Waals surface area contributed by atoms with Gasteiger partial charge in [-0.05, 0) is 31.8 Å². The topological polar surface area (TPSA) is 12.0 Å². The molecule has 0 saturated carbocycles. The van der Waals surface area contributed by atoms with Gasteiger partial charge in [0.1, 0.15) is 0 Å². The van der Waals surface area contributed by atoms with Crippen molar-refractivity contribution in [2.75, 3.05) is 6.54 Å². The van der Waals surface area contributed by atoms with Crippen LogP contribution < -0.4 is 5.32 Å². The lowest BCUT2D eigenvalue weighted by atomic mass is 10.1. The summed E-state index contributed by atoms with van der Waals surface area (Å²) < 4.78 is 0. The summed E-state index contributed by atoms with van der Waals surface area (Å²) in [6, 6.07) is 0. The molecule has 16 heavy (non-hydrogen) atoms. The fraction of sp³-hybridized carbons (Fsp3) is 0.600. The normalized spacial score (nSPS) is 12.0. The summed E-state index contributed by atoms with van der Waals surface area (Å²) in [5, 5.41) is 3.47. The van der Waals surface area contributed by atoms with Crippen molar-refractivity contribution in [3.05, 3.63) is 35.6 Å². The van der Waals surface area contributed by atoms with Crippen molar-refractivity contribution in [3.8, 4) is 0 Å². The standard InChI is InChI=1S/C15H27N/c1-12(2)9-7-8-10-15(14(5)6)16-11-13(3)4/h7-10,12-13,16H,11H2,1-6H3/b9-7-,10-8-. The molecule has 92 valence electrons. The van der Waals surface area contributed by atoms with Gasteiger partial charge in [0.05, 0.1) is 0 Å². The number of rotatable bonds is 6. The van der Waals surface area contributed by atoms with Gasteiger partial charge in [-0.15, -0.1) is 0 Å². The molecule has 1 nitrogen and oxygen atoms in total. The Morgan fingerprint density at radius 1 is 1.06 bits per heavy atom. The van der Waals surface area contributed by atoms with Crippen LogP contribution in [0.15, 0.2) is 35.6 Å². The first-order valence-electron chi connectivity index (χ1n) is 6.19. The molecule has 0 aromatic rings. The van der Waals surface area contributed by atoms with Crippen molar-refractivity contribution in [1.29, 1.82) is 0 Å². The maximum atomic E-state index is 3.47. The quantitative estimate of drug-likeness (QED) is 0.660. The first kappa shape index (κ1) is 15.0. The van der Waals surface area contributed by atoms with Gasteiger partial charge in [-0.25, -0.2) is 0 Å². The number of nitrogens with one attached hydrogen (secondary N) is 1. The first-order chi connectivity index (χ1) is 7.43. The molecule has 0 aromatic heterocycles. The van der Waals surface area contributed by atoms with Crippen LogP contribution in [0.3, 0.4) is 0 Å². The molecule has 1 heteroatoms.